The second-order valence-corrected chi connectivity index (χ2v) is 5.36. The molecule has 0 saturated carbocycles. The third-order valence-corrected chi connectivity index (χ3v) is 3.96. The summed E-state index contributed by atoms with van der Waals surface area (Å²) in [5.74, 6) is -0.0588. The summed E-state index contributed by atoms with van der Waals surface area (Å²) < 4.78 is 1.70. The molecular weight excluding hydrogens is 242 g/mol. The van der Waals surface area contributed by atoms with Crippen molar-refractivity contribution in [2.75, 3.05) is 25.9 Å². The van der Waals surface area contributed by atoms with E-state index in [-0.39, 0.29) is 5.91 Å². The van der Waals surface area contributed by atoms with Gasteiger partial charge < -0.3 is 10.6 Å². The van der Waals surface area contributed by atoms with Crippen LogP contribution in [0.2, 0.25) is 0 Å². The normalized spacial score (nSPS) is 24.7. The summed E-state index contributed by atoms with van der Waals surface area (Å²) in [6.07, 6.45) is 1.72. The Morgan fingerprint density at radius 1 is 1.42 bits per heavy atom. The van der Waals surface area contributed by atoms with E-state index in [1.165, 1.54) is 0 Å². The molecule has 1 aromatic heterocycles. The number of carbonyl (C=O) groups excluding carboxylic acids is 1. The number of aryl methyl sites for hydroxylation is 1. The van der Waals surface area contributed by atoms with Crippen LogP contribution in [0.3, 0.4) is 0 Å². The maximum Gasteiger partial charge on any atom is 0.276 e. The first-order chi connectivity index (χ1) is 8.93. The van der Waals surface area contributed by atoms with E-state index in [2.05, 4.69) is 30.9 Å². The van der Waals surface area contributed by atoms with Crippen molar-refractivity contribution in [1.29, 1.82) is 0 Å². The topological polar surface area (TPSA) is 67.4 Å². The Morgan fingerprint density at radius 3 is 2.47 bits per heavy atom. The third kappa shape index (κ3) is 2.58. The van der Waals surface area contributed by atoms with Gasteiger partial charge in [0.15, 0.2) is 5.69 Å². The number of carbonyl (C=O) groups is 1. The van der Waals surface area contributed by atoms with E-state index < -0.39 is 0 Å². The molecule has 1 aromatic rings. The van der Waals surface area contributed by atoms with Gasteiger partial charge in [-0.25, -0.2) is 0 Å². The second kappa shape index (κ2) is 5.21. The Labute approximate surface area is 114 Å². The summed E-state index contributed by atoms with van der Waals surface area (Å²) in [6.45, 7) is 8.39. The van der Waals surface area contributed by atoms with Gasteiger partial charge in [0.05, 0.1) is 5.69 Å². The Kier molecular flexibility index (Phi) is 3.80. The molecule has 2 unspecified atom stereocenters. The summed E-state index contributed by atoms with van der Waals surface area (Å²) in [5.41, 5.74) is 6.72. The van der Waals surface area contributed by atoms with Crippen molar-refractivity contribution >= 4 is 11.6 Å². The summed E-state index contributed by atoms with van der Waals surface area (Å²) in [6, 6.07) is 0.698. The second-order valence-electron chi connectivity index (χ2n) is 5.36. The largest absolute Gasteiger partial charge is 0.396 e. The molecule has 1 aliphatic heterocycles. The Bertz CT molecular complexity index is 458. The molecule has 2 atom stereocenters. The van der Waals surface area contributed by atoms with Crippen LogP contribution in [0.4, 0.5) is 5.69 Å². The minimum Gasteiger partial charge on any atom is -0.396 e. The third-order valence-electron chi connectivity index (χ3n) is 3.96. The lowest BCUT2D eigenvalue weighted by Crippen LogP contribution is -2.56. The predicted molar refractivity (Wildman–Crippen MR) is 74.9 cm³/mol. The molecule has 0 aliphatic carbocycles. The quantitative estimate of drug-likeness (QED) is 0.852. The van der Waals surface area contributed by atoms with Gasteiger partial charge in [-0.05, 0) is 27.8 Å². The molecule has 1 fully saturated rings. The van der Waals surface area contributed by atoms with Crippen LogP contribution in [-0.4, -0.2) is 57.7 Å². The first kappa shape index (κ1) is 13.9. The van der Waals surface area contributed by atoms with Crippen molar-refractivity contribution in [2.45, 2.75) is 39.4 Å². The van der Waals surface area contributed by atoms with E-state index in [9.17, 15) is 4.79 Å². The minimum absolute atomic E-state index is 0.0588. The van der Waals surface area contributed by atoms with Crippen molar-refractivity contribution in [3.63, 3.8) is 0 Å². The fourth-order valence-electron chi connectivity index (χ4n) is 2.49. The molecule has 1 aliphatic rings. The molecule has 1 amide bonds. The predicted octanol–water partition coefficient (Wildman–Crippen LogP) is 0.650. The zero-order valence-corrected chi connectivity index (χ0v) is 12.1. The molecule has 2 N–H and O–H groups in total. The number of nitrogen functional groups attached to an aromatic ring is 1. The lowest BCUT2D eigenvalue weighted by Gasteiger charge is -2.42. The smallest absolute Gasteiger partial charge is 0.276 e. The van der Waals surface area contributed by atoms with Crippen LogP contribution >= 0.6 is 0 Å². The van der Waals surface area contributed by atoms with Gasteiger partial charge in [-0.15, -0.1) is 0 Å². The lowest BCUT2D eigenvalue weighted by molar-refractivity contribution is 0.0409. The van der Waals surface area contributed by atoms with Gasteiger partial charge in [0.25, 0.3) is 5.91 Å². The van der Waals surface area contributed by atoms with E-state index in [0.29, 0.717) is 30.0 Å². The summed E-state index contributed by atoms with van der Waals surface area (Å²) in [7, 11) is 2.09. The van der Waals surface area contributed by atoms with Gasteiger partial charge in [0, 0.05) is 37.9 Å². The monoisotopic (exact) mass is 265 g/mol. The maximum absolute atomic E-state index is 12.5. The number of anilines is 1. The van der Waals surface area contributed by atoms with E-state index in [1.54, 1.807) is 10.9 Å². The van der Waals surface area contributed by atoms with E-state index in [4.69, 9.17) is 5.73 Å². The number of nitrogens with zero attached hydrogens (tertiary/aromatic N) is 4. The fraction of sp³-hybridized carbons (Fsp3) is 0.692. The molecule has 0 radical (unpaired) electrons. The standard InChI is InChI=1S/C13H23N5O/c1-5-18-8-11(14)12(15-18)13(19)17-6-9(2)16(4)10(3)7-17/h8-10H,5-7,14H2,1-4H3. The van der Waals surface area contributed by atoms with E-state index in [1.807, 2.05) is 11.8 Å². The van der Waals surface area contributed by atoms with Gasteiger partial charge in [-0.2, -0.15) is 5.10 Å². The van der Waals surface area contributed by atoms with Gasteiger partial charge >= 0.3 is 0 Å². The van der Waals surface area contributed by atoms with Gasteiger partial charge in [0.1, 0.15) is 0 Å². The summed E-state index contributed by atoms with van der Waals surface area (Å²) in [4.78, 5) is 16.6. The van der Waals surface area contributed by atoms with E-state index >= 15 is 0 Å². The first-order valence-corrected chi connectivity index (χ1v) is 6.78. The van der Waals surface area contributed by atoms with Crippen molar-refractivity contribution in [3.8, 4) is 0 Å². The molecule has 0 bridgehead atoms. The highest BCUT2D eigenvalue weighted by Crippen LogP contribution is 2.18. The minimum atomic E-state index is -0.0588. The van der Waals surface area contributed by atoms with Gasteiger partial charge in [-0.3, -0.25) is 14.4 Å². The average Bonchev–Trinajstić information content (AvgIpc) is 2.75. The SMILES string of the molecule is CCn1cc(N)c(C(=O)N2CC(C)N(C)C(C)C2)n1. The zero-order valence-electron chi connectivity index (χ0n) is 12.1. The lowest BCUT2D eigenvalue weighted by atomic mass is 10.1. The van der Waals surface area contributed by atoms with Crippen LogP contribution in [0.15, 0.2) is 6.20 Å². The molecule has 6 nitrogen and oxygen atoms in total. The summed E-state index contributed by atoms with van der Waals surface area (Å²) >= 11 is 0. The highest BCUT2D eigenvalue weighted by atomic mass is 16.2. The molecule has 0 spiro atoms. The number of piperazine rings is 1. The van der Waals surface area contributed by atoms with Crippen LogP contribution in [0, 0.1) is 0 Å². The van der Waals surface area contributed by atoms with E-state index in [0.717, 1.165) is 13.1 Å². The number of nitrogens with two attached hydrogens (primary N) is 1. The molecular formula is C13H23N5O. The van der Waals surface area contributed by atoms with Crippen molar-refractivity contribution < 1.29 is 4.79 Å². The molecule has 106 valence electrons. The van der Waals surface area contributed by atoms with Gasteiger partial charge in [-0.1, -0.05) is 0 Å². The number of hydrogen-bond acceptors (Lipinski definition) is 4. The fourth-order valence-corrected chi connectivity index (χ4v) is 2.49. The summed E-state index contributed by atoms with van der Waals surface area (Å²) in [5, 5.41) is 4.26. The molecule has 6 heteroatoms. The molecule has 1 saturated heterocycles. The molecule has 19 heavy (non-hydrogen) atoms. The maximum atomic E-state index is 12.5. The van der Waals surface area contributed by atoms with Crippen molar-refractivity contribution in [3.05, 3.63) is 11.9 Å². The first-order valence-electron chi connectivity index (χ1n) is 6.78. The van der Waals surface area contributed by atoms with Crippen molar-refractivity contribution in [1.82, 2.24) is 19.6 Å². The van der Waals surface area contributed by atoms with Crippen LogP contribution < -0.4 is 5.73 Å². The average molecular weight is 265 g/mol. The number of hydrogen-bond donors (Lipinski definition) is 1. The molecule has 2 rings (SSSR count). The highest BCUT2D eigenvalue weighted by molar-refractivity contribution is 5.97. The number of rotatable bonds is 2. The Balaban J connectivity index is 2.17. The zero-order chi connectivity index (χ0) is 14.2. The van der Waals surface area contributed by atoms with Crippen LogP contribution in [0.5, 0.6) is 0 Å². The number of likely N-dealkylation sites (N-methyl/N-ethyl adjacent to an activating group) is 1. The number of aromatic nitrogens is 2. The molecule has 2 heterocycles. The number of amides is 1. The van der Waals surface area contributed by atoms with Crippen LogP contribution in [0.1, 0.15) is 31.3 Å². The van der Waals surface area contributed by atoms with Crippen LogP contribution in [0.25, 0.3) is 0 Å². The van der Waals surface area contributed by atoms with Crippen LogP contribution in [-0.2, 0) is 6.54 Å². The Morgan fingerprint density at radius 2 is 2.00 bits per heavy atom. The highest BCUT2D eigenvalue weighted by Gasteiger charge is 2.31. The van der Waals surface area contributed by atoms with Gasteiger partial charge in [0.2, 0.25) is 0 Å². The Hall–Kier alpha value is -1.56. The molecule has 0 aromatic carbocycles. The van der Waals surface area contributed by atoms with Crippen molar-refractivity contribution in [2.24, 2.45) is 0 Å².